The molecule has 0 aliphatic carbocycles. The van der Waals surface area contributed by atoms with Crippen LogP contribution in [0.1, 0.15) is 38.9 Å². The van der Waals surface area contributed by atoms with E-state index in [1.54, 1.807) is 10.9 Å². The zero-order valence-electron chi connectivity index (χ0n) is 11.5. The number of anilines is 1. The third kappa shape index (κ3) is 2.12. The number of aryl methyl sites for hydroxylation is 1. The van der Waals surface area contributed by atoms with E-state index in [0.717, 1.165) is 35.9 Å². The van der Waals surface area contributed by atoms with Crippen LogP contribution in [0, 0.1) is 0 Å². The van der Waals surface area contributed by atoms with Crippen LogP contribution in [0.4, 0.5) is 5.82 Å². The summed E-state index contributed by atoms with van der Waals surface area (Å²) in [7, 11) is 1.89. The molecule has 0 atom stereocenters. The minimum atomic E-state index is 0.365. The van der Waals surface area contributed by atoms with E-state index in [0.29, 0.717) is 5.92 Å². The SMILES string of the molecule is CCCn1c(C(C)C)nc(-c2cnn(C)c2)c1N. The molecule has 0 fully saturated rings. The lowest BCUT2D eigenvalue weighted by molar-refractivity contribution is 0.616. The number of hydrogen-bond donors (Lipinski definition) is 1. The summed E-state index contributed by atoms with van der Waals surface area (Å²) < 4.78 is 3.88. The Morgan fingerprint density at radius 1 is 1.39 bits per heavy atom. The zero-order chi connectivity index (χ0) is 13.3. The standard InChI is InChI=1S/C13H21N5/c1-5-6-18-12(14)11(16-13(18)9(2)3)10-7-15-17(4)8-10/h7-9H,5-6,14H2,1-4H3. The maximum atomic E-state index is 6.23. The molecule has 98 valence electrons. The smallest absolute Gasteiger partial charge is 0.131 e. The van der Waals surface area contributed by atoms with E-state index in [1.165, 1.54) is 0 Å². The van der Waals surface area contributed by atoms with E-state index in [-0.39, 0.29) is 0 Å². The normalized spacial score (nSPS) is 11.4. The third-order valence-corrected chi connectivity index (χ3v) is 2.98. The molecule has 2 rings (SSSR count). The van der Waals surface area contributed by atoms with E-state index >= 15 is 0 Å². The molecule has 5 nitrogen and oxygen atoms in total. The fraction of sp³-hybridized carbons (Fsp3) is 0.538. The fourth-order valence-electron chi connectivity index (χ4n) is 2.14. The van der Waals surface area contributed by atoms with Gasteiger partial charge in [-0.2, -0.15) is 5.10 Å². The van der Waals surface area contributed by atoms with Crippen LogP contribution in [0.25, 0.3) is 11.3 Å². The highest BCUT2D eigenvalue weighted by Crippen LogP contribution is 2.29. The minimum absolute atomic E-state index is 0.365. The molecule has 5 heteroatoms. The van der Waals surface area contributed by atoms with E-state index in [1.807, 2.05) is 13.2 Å². The molecule has 2 heterocycles. The van der Waals surface area contributed by atoms with Crippen molar-refractivity contribution in [1.29, 1.82) is 0 Å². The third-order valence-electron chi connectivity index (χ3n) is 2.98. The monoisotopic (exact) mass is 247 g/mol. The largest absolute Gasteiger partial charge is 0.383 e. The maximum absolute atomic E-state index is 6.23. The topological polar surface area (TPSA) is 61.7 Å². The molecule has 2 aromatic heterocycles. The van der Waals surface area contributed by atoms with Crippen molar-refractivity contribution in [3.05, 3.63) is 18.2 Å². The lowest BCUT2D eigenvalue weighted by Gasteiger charge is -2.10. The first-order valence-corrected chi connectivity index (χ1v) is 6.39. The summed E-state index contributed by atoms with van der Waals surface area (Å²) >= 11 is 0. The van der Waals surface area contributed by atoms with Crippen LogP contribution in [-0.2, 0) is 13.6 Å². The van der Waals surface area contributed by atoms with Crippen molar-refractivity contribution in [3.63, 3.8) is 0 Å². The average molecular weight is 247 g/mol. The lowest BCUT2D eigenvalue weighted by Crippen LogP contribution is -2.08. The Kier molecular flexibility index (Phi) is 3.41. The Hall–Kier alpha value is -1.78. The molecule has 0 unspecified atom stereocenters. The molecule has 0 radical (unpaired) electrons. The first-order valence-electron chi connectivity index (χ1n) is 6.39. The van der Waals surface area contributed by atoms with E-state index in [4.69, 9.17) is 10.7 Å². The second-order valence-corrected chi connectivity index (χ2v) is 4.91. The zero-order valence-corrected chi connectivity index (χ0v) is 11.5. The highest BCUT2D eigenvalue weighted by molar-refractivity contribution is 5.70. The van der Waals surface area contributed by atoms with Gasteiger partial charge in [-0.3, -0.25) is 4.68 Å². The Bertz CT molecular complexity index is 536. The molecule has 0 aliphatic heterocycles. The van der Waals surface area contributed by atoms with Crippen molar-refractivity contribution in [3.8, 4) is 11.3 Å². The number of nitrogen functional groups attached to an aromatic ring is 1. The van der Waals surface area contributed by atoms with Gasteiger partial charge in [-0.1, -0.05) is 20.8 Å². The number of hydrogen-bond acceptors (Lipinski definition) is 3. The molecular weight excluding hydrogens is 226 g/mol. The van der Waals surface area contributed by atoms with Gasteiger partial charge in [0.05, 0.1) is 6.20 Å². The summed E-state index contributed by atoms with van der Waals surface area (Å²) in [6.45, 7) is 7.34. The Morgan fingerprint density at radius 2 is 2.11 bits per heavy atom. The summed E-state index contributed by atoms with van der Waals surface area (Å²) in [4.78, 5) is 4.70. The molecule has 0 aliphatic rings. The summed E-state index contributed by atoms with van der Waals surface area (Å²) in [5.74, 6) is 2.16. The van der Waals surface area contributed by atoms with Crippen LogP contribution in [0.2, 0.25) is 0 Å². The summed E-state index contributed by atoms with van der Waals surface area (Å²) in [6.07, 6.45) is 4.80. The highest BCUT2D eigenvalue weighted by atomic mass is 15.2. The van der Waals surface area contributed by atoms with Crippen molar-refractivity contribution in [2.75, 3.05) is 5.73 Å². The van der Waals surface area contributed by atoms with Crippen molar-refractivity contribution >= 4 is 5.82 Å². The Labute approximate surface area is 108 Å². The average Bonchev–Trinajstić information content (AvgIpc) is 2.85. The number of imidazole rings is 1. The van der Waals surface area contributed by atoms with Gasteiger partial charge >= 0.3 is 0 Å². The van der Waals surface area contributed by atoms with Crippen molar-refractivity contribution in [2.45, 2.75) is 39.7 Å². The van der Waals surface area contributed by atoms with Gasteiger partial charge in [0.1, 0.15) is 17.3 Å². The Balaban J connectivity index is 2.52. The van der Waals surface area contributed by atoms with Gasteiger partial charge in [0.15, 0.2) is 0 Å². The molecule has 0 bridgehead atoms. The van der Waals surface area contributed by atoms with Crippen LogP contribution in [0.15, 0.2) is 12.4 Å². The van der Waals surface area contributed by atoms with Crippen LogP contribution in [0.3, 0.4) is 0 Å². The molecule has 0 saturated carbocycles. The number of nitrogens with two attached hydrogens (primary N) is 1. The van der Waals surface area contributed by atoms with Gasteiger partial charge in [-0.05, 0) is 6.42 Å². The summed E-state index contributed by atoms with van der Waals surface area (Å²) in [5, 5.41) is 4.18. The molecule has 2 N–H and O–H groups in total. The lowest BCUT2D eigenvalue weighted by atomic mass is 10.2. The van der Waals surface area contributed by atoms with Crippen LogP contribution < -0.4 is 5.73 Å². The van der Waals surface area contributed by atoms with Crippen LogP contribution >= 0.6 is 0 Å². The Morgan fingerprint density at radius 3 is 2.61 bits per heavy atom. The molecule has 18 heavy (non-hydrogen) atoms. The highest BCUT2D eigenvalue weighted by Gasteiger charge is 2.18. The first kappa shape index (κ1) is 12.7. The number of aromatic nitrogens is 4. The number of rotatable bonds is 4. The van der Waals surface area contributed by atoms with Gasteiger partial charge in [0.25, 0.3) is 0 Å². The van der Waals surface area contributed by atoms with Gasteiger partial charge in [-0.25, -0.2) is 4.98 Å². The van der Waals surface area contributed by atoms with E-state index in [2.05, 4.69) is 30.4 Å². The van der Waals surface area contributed by atoms with Gasteiger partial charge in [-0.15, -0.1) is 0 Å². The van der Waals surface area contributed by atoms with E-state index in [9.17, 15) is 0 Å². The second kappa shape index (κ2) is 4.84. The van der Waals surface area contributed by atoms with Gasteiger partial charge in [0.2, 0.25) is 0 Å². The fourth-order valence-corrected chi connectivity index (χ4v) is 2.14. The molecule has 0 spiro atoms. The molecule has 0 saturated heterocycles. The second-order valence-electron chi connectivity index (χ2n) is 4.91. The summed E-state index contributed by atoms with van der Waals surface area (Å²) in [6, 6.07) is 0. The van der Waals surface area contributed by atoms with Crippen LogP contribution in [0.5, 0.6) is 0 Å². The van der Waals surface area contributed by atoms with Crippen LogP contribution in [-0.4, -0.2) is 19.3 Å². The molecule has 0 amide bonds. The first-order chi connectivity index (χ1) is 8.54. The van der Waals surface area contributed by atoms with Gasteiger partial charge < -0.3 is 10.3 Å². The predicted molar refractivity (Wildman–Crippen MR) is 73.2 cm³/mol. The quantitative estimate of drug-likeness (QED) is 0.902. The van der Waals surface area contributed by atoms with Crippen molar-refractivity contribution < 1.29 is 0 Å². The number of nitrogens with zero attached hydrogens (tertiary/aromatic N) is 4. The molecule has 2 aromatic rings. The maximum Gasteiger partial charge on any atom is 0.131 e. The summed E-state index contributed by atoms with van der Waals surface area (Å²) in [5.41, 5.74) is 8.06. The minimum Gasteiger partial charge on any atom is -0.383 e. The van der Waals surface area contributed by atoms with Crippen molar-refractivity contribution in [1.82, 2.24) is 19.3 Å². The molecular formula is C13H21N5. The van der Waals surface area contributed by atoms with E-state index < -0.39 is 0 Å². The molecule has 0 aromatic carbocycles. The van der Waals surface area contributed by atoms with Gasteiger partial charge in [0, 0.05) is 31.3 Å². The van der Waals surface area contributed by atoms with Crippen molar-refractivity contribution in [2.24, 2.45) is 7.05 Å². The predicted octanol–water partition coefficient (Wildman–Crippen LogP) is 2.40.